The summed E-state index contributed by atoms with van der Waals surface area (Å²) in [7, 11) is -7.04. The Labute approximate surface area is 171 Å². The Morgan fingerprint density at radius 2 is 1.97 bits per heavy atom. The Hall–Kier alpha value is -1.98. The topological polar surface area (TPSA) is 121 Å². The minimum absolute atomic E-state index is 0.0152. The number of hydrogen-bond donors (Lipinski definition) is 1. The van der Waals surface area contributed by atoms with E-state index in [1.54, 1.807) is 24.0 Å². The van der Waals surface area contributed by atoms with Crippen LogP contribution in [0.25, 0.3) is 0 Å². The lowest BCUT2D eigenvalue weighted by atomic mass is 10.2. The Morgan fingerprint density at radius 3 is 2.48 bits per heavy atom. The smallest absolute Gasteiger partial charge is 0.243 e. The summed E-state index contributed by atoms with van der Waals surface area (Å²) in [5.74, 6) is -0.605. The van der Waals surface area contributed by atoms with E-state index in [9.17, 15) is 26.4 Å². The normalized spacial score (nSPS) is 21.7. The highest BCUT2D eigenvalue weighted by atomic mass is 32.2. The third-order valence-electron chi connectivity index (χ3n) is 5.13. The van der Waals surface area contributed by atoms with Gasteiger partial charge in [-0.3, -0.25) is 9.59 Å². The molecular weight excluding hydrogens is 418 g/mol. The van der Waals surface area contributed by atoms with Crippen molar-refractivity contribution >= 4 is 37.4 Å². The van der Waals surface area contributed by atoms with E-state index in [2.05, 4.69) is 5.32 Å². The van der Waals surface area contributed by atoms with Crippen molar-refractivity contribution in [1.29, 1.82) is 0 Å². The first-order valence-corrected chi connectivity index (χ1v) is 12.8. The highest BCUT2D eigenvalue weighted by Crippen LogP contribution is 2.24. The monoisotopic (exact) mass is 443 g/mol. The largest absolute Gasteiger partial charge is 0.351 e. The van der Waals surface area contributed by atoms with Crippen LogP contribution in [0.1, 0.15) is 26.2 Å². The molecule has 29 heavy (non-hydrogen) atoms. The molecular formula is C18H25N3O6S2. The number of benzene rings is 1. The first-order chi connectivity index (χ1) is 13.6. The second-order valence-electron chi connectivity index (χ2n) is 7.24. The summed E-state index contributed by atoms with van der Waals surface area (Å²) in [6, 6.07) is 5.56. The molecule has 2 aliphatic rings. The predicted molar refractivity (Wildman–Crippen MR) is 108 cm³/mol. The number of anilines is 1. The van der Waals surface area contributed by atoms with Crippen molar-refractivity contribution in [2.75, 3.05) is 36.0 Å². The number of carbonyl (C=O) groups is 2. The molecule has 2 saturated heterocycles. The zero-order valence-electron chi connectivity index (χ0n) is 16.2. The molecule has 1 atom stereocenters. The number of nitrogens with zero attached hydrogens (tertiary/aromatic N) is 2. The summed E-state index contributed by atoms with van der Waals surface area (Å²) in [5.41, 5.74) is 0.648. The van der Waals surface area contributed by atoms with E-state index in [4.69, 9.17) is 0 Å². The highest BCUT2D eigenvalue weighted by Gasteiger charge is 2.31. The van der Waals surface area contributed by atoms with Crippen LogP contribution in [0.5, 0.6) is 0 Å². The average Bonchev–Trinajstić information content (AvgIpc) is 3.24. The van der Waals surface area contributed by atoms with Crippen molar-refractivity contribution in [3.63, 3.8) is 0 Å². The van der Waals surface area contributed by atoms with Gasteiger partial charge in [0.2, 0.25) is 21.8 Å². The van der Waals surface area contributed by atoms with Crippen LogP contribution in [-0.2, 0) is 29.4 Å². The molecule has 1 unspecified atom stereocenters. The van der Waals surface area contributed by atoms with Gasteiger partial charge in [0.15, 0.2) is 9.84 Å². The molecule has 2 aliphatic heterocycles. The molecule has 0 aliphatic carbocycles. The van der Waals surface area contributed by atoms with E-state index in [-0.39, 0.29) is 35.4 Å². The zero-order chi connectivity index (χ0) is 21.2. The van der Waals surface area contributed by atoms with Crippen LogP contribution in [0.2, 0.25) is 0 Å². The molecule has 0 radical (unpaired) electrons. The molecule has 1 aromatic rings. The Morgan fingerprint density at radius 1 is 1.28 bits per heavy atom. The lowest BCUT2D eigenvalue weighted by Gasteiger charge is -2.22. The molecule has 0 bridgehead atoms. The van der Waals surface area contributed by atoms with E-state index >= 15 is 0 Å². The van der Waals surface area contributed by atoms with Gasteiger partial charge in [-0.2, -0.15) is 4.31 Å². The quantitative estimate of drug-likeness (QED) is 0.639. The number of rotatable bonds is 7. The number of sulfone groups is 1. The Balaban J connectivity index is 1.67. The van der Waals surface area contributed by atoms with Crippen molar-refractivity contribution in [1.82, 2.24) is 9.62 Å². The molecule has 1 aromatic carbocycles. The maximum absolute atomic E-state index is 12.9. The highest BCUT2D eigenvalue weighted by molar-refractivity contribution is 7.91. The van der Waals surface area contributed by atoms with E-state index in [1.807, 2.05) is 0 Å². The van der Waals surface area contributed by atoms with E-state index in [0.717, 1.165) is 10.7 Å². The van der Waals surface area contributed by atoms with Crippen LogP contribution in [0.15, 0.2) is 29.2 Å². The van der Waals surface area contributed by atoms with Gasteiger partial charge in [0.1, 0.15) is 0 Å². The van der Waals surface area contributed by atoms with E-state index in [1.165, 1.54) is 12.1 Å². The summed E-state index contributed by atoms with van der Waals surface area (Å²) < 4.78 is 49.9. The zero-order valence-corrected chi connectivity index (χ0v) is 17.8. The number of nitrogens with one attached hydrogen (secondary N) is 1. The summed E-state index contributed by atoms with van der Waals surface area (Å²) in [6.07, 6.45) is 1.60. The van der Waals surface area contributed by atoms with Gasteiger partial charge in [-0.15, -0.1) is 0 Å². The summed E-state index contributed by atoms with van der Waals surface area (Å²) in [5, 5.41) is 2.61. The number of sulfonamides is 1. The van der Waals surface area contributed by atoms with Crippen molar-refractivity contribution in [3.8, 4) is 0 Å². The lowest BCUT2D eigenvalue weighted by molar-refractivity contribution is -0.122. The van der Waals surface area contributed by atoms with Crippen molar-refractivity contribution in [2.45, 2.75) is 37.1 Å². The van der Waals surface area contributed by atoms with Crippen LogP contribution in [0, 0.1) is 0 Å². The van der Waals surface area contributed by atoms with Crippen LogP contribution < -0.4 is 10.2 Å². The molecule has 2 heterocycles. The van der Waals surface area contributed by atoms with Gasteiger partial charge in [-0.1, -0.05) is 6.92 Å². The van der Waals surface area contributed by atoms with Crippen molar-refractivity contribution in [3.05, 3.63) is 24.3 Å². The molecule has 0 saturated carbocycles. The molecule has 1 N–H and O–H groups in total. The van der Waals surface area contributed by atoms with E-state index < -0.39 is 31.8 Å². The standard InChI is InChI=1S/C18H25N3O6S2/c1-2-20(12-17(22)19-14-9-11-28(24,25)13-14)29(26,27)16-7-5-15(6-8-16)21-10-3-4-18(21)23/h5-8,14H,2-4,9-13H2,1H3,(H,19,22). The number of hydrogen-bond acceptors (Lipinski definition) is 6. The number of likely N-dealkylation sites (N-methyl/N-ethyl adjacent to an activating group) is 1. The first-order valence-electron chi connectivity index (χ1n) is 9.53. The van der Waals surface area contributed by atoms with Crippen LogP contribution in [0.3, 0.4) is 0 Å². The molecule has 0 spiro atoms. The summed E-state index contributed by atoms with van der Waals surface area (Å²) >= 11 is 0. The van der Waals surface area contributed by atoms with Crippen LogP contribution in [-0.4, -0.2) is 70.1 Å². The molecule has 2 fully saturated rings. The molecule has 2 amide bonds. The van der Waals surface area contributed by atoms with Gasteiger partial charge in [0.05, 0.1) is 22.9 Å². The Kier molecular flexibility index (Phi) is 6.30. The maximum atomic E-state index is 12.9. The molecule has 0 aromatic heterocycles. The second-order valence-corrected chi connectivity index (χ2v) is 11.4. The summed E-state index contributed by atoms with van der Waals surface area (Å²) in [4.78, 5) is 25.8. The first kappa shape index (κ1) is 21.7. The SMILES string of the molecule is CCN(CC(=O)NC1CCS(=O)(=O)C1)S(=O)(=O)c1ccc(N2CCCC2=O)cc1. The van der Waals surface area contributed by atoms with E-state index in [0.29, 0.717) is 25.1 Å². The lowest BCUT2D eigenvalue weighted by Crippen LogP contribution is -2.44. The molecule has 11 heteroatoms. The fourth-order valence-electron chi connectivity index (χ4n) is 3.58. The average molecular weight is 444 g/mol. The Bertz CT molecular complexity index is 989. The fourth-order valence-corrected chi connectivity index (χ4v) is 6.66. The third kappa shape index (κ3) is 4.96. The predicted octanol–water partition coefficient (Wildman–Crippen LogP) is 0.127. The van der Waals surface area contributed by atoms with Crippen LogP contribution >= 0.6 is 0 Å². The molecule has 9 nitrogen and oxygen atoms in total. The molecule has 160 valence electrons. The third-order valence-corrected chi connectivity index (χ3v) is 8.83. The minimum Gasteiger partial charge on any atom is -0.351 e. The van der Waals surface area contributed by atoms with Gasteiger partial charge >= 0.3 is 0 Å². The van der Waals surface area contributed by atoms with Gasteiger partial charge in [0, 0.05) is 31.2 Å². The fraction of sp³-hybridized carbons (Fsp3) is 0.556. The van der Waals surface area contributed by atoms with Crippen molar-refractivity contribution in [2.24, 2.45) is 0 Å². The molecule has 3 rings (SSSR count). The maximum Gasteiger partial charge on any atom is 0.243 e. The second kappa shape index (κ2) is 8.41. The van der Waals surface area contributed by atoms with Gasteiger partial charge in [-0.25, -0.2) is 16.8 Å². The van der Waals surface area contributed by atoms with Gasteiger partial charge in [0.25, 0.3) is 0 Å². The number of carbonyl (C=O) groups excluding carboxylic acids is 2. The number of amides is 2. The van der Waals surface area contributed by atoms with Crippen LogP contribution in [0.4, 0.5) is 5.69 Å². The minimum atomic E-state index is -3.91. The summed E-state index contributed by atoms with van der Waals surface area (Å²) in [6.45, 7) is 1.94. The van der Waals surface area contributed by atoms with Gasteiger partial charge < -0.3 is 10.2 Å². The van der Waals surface area contributed by atoms with Crippen molar-refractivity contribution < 1.29 is 26.4 Å². The van der Waals surface area contributed by atoms with Gasteiger partial charge in [-0.05, 0) is 37.1 Å².